The van der Waals surface area contributed by atoms with Crippen LogP contribution in [-0.2, 0) is 0 Å². The quantitative estimate of drug-likeness (QED) is 0.827. The fourth-order valence-electron chi connectivity index (χ4n) is 1.51. The number of rotatable bonds is 2. The van der Waals surface area contributed by atoms with Gasteiger partial charge < -0.3 is 5.32 Å². The van der Waals surface area contributed by atoms with E-state index < -0.39 is 0 Å². The van der Waals surface area contributed by atoms with Gasteiger partial charge in [-0.1, -0.05) is 35.4 Å². The number of hydrogen-bond acceptors (Lipinski definition) is 3. The van der Waals surface area contributed by atoms with E-state index in [0.29, 0.717) is 0 Å². The van der Waals surface area contributed by atoms with E-state index in [9.17, 15) is 4.79 Å². The van der Waals surface area contributed by atoms with Crippen molar-refractivity contribution in [1.82, 2.24) is 15.5 Å². The van der Waals surface area contributed by atoms with Crippen molar-refractivity contribution in [2.24, 2.45) is 0 Å². The van der Waals surface area contributed by atoms with E-state index in [4.69, 9.17) is 23.2 Å². The Morgan fingerprint density at radius 2 is 2.00 bits per heavy atom. The lowest BCUT2D eigenvalue weighted by atomic mass is 10.2. The number of amides is 1. The van der Waals surface area contributed by atoms with Crippen molar-refractivity contribution in [2.45, 2.75) is 18.9 Å². The predicted octanol–water partition coefficient (Wildman–Crippen LogP) is 2.23. The summed E-state index contributed by atoms with van der Waals surface area (Å²) in [6, 6.07) is 1.55. The minimum atomic E-state index is -0.268. The highest BCUT2D eigenvalue weighted by atomic mass is 35.5. The fraction of sp³-hybridized carbons (Fsp3) is 0.300. The lowest BCUT2D eigenvalue weighted by Gasteiger charge is -2.12. The topological polar surface area (TPSA) is 54.9 Å². The van der Waals surface area contributed by atoms with Crippen molar-refractivity contribution in [3.63, 3.8) is 0 Å². The van der Waals surface area contributed by atoms with Gasteiger partial charge in [-0.3, -0.25) is 4.79 Å². The summed E-state index contributed by atoms with van der Waals surface area (Å²) >= 11 is 11.4. The smallest absolute Gasteiger partial charge is 0.254 e. The molecule has 1 aliphatic carbocycles. The van der Waals surface area contributed by atoms with Gasteiger partial charge in [0.15, 0.2) is 10.3 Å². The molecule has 1 amide bonds. The third-order valence-electron chi connectivity index (χ3n) is 2.31. The average Bonchev–Trinajstić information content (AvgIpc) is 2.74. The summed E-state index contributed by atoms with van der Waals surface area (Å²) in [7, 11) is 0. The Kier molecular flexibility index (Phi) is 3.41. The molecular weight excluding hydrogens is 249 g/mol. The molecule has 0 spiro atoms. The van der Waals surface area contributed by atoms with E-state index in [0.717, 1.165) is 12.8 Å². The minimum absolute atomic E-state index is 0.0628. The Balaban J connectivity index is 2.10. The first-order valence-corrected chi connectivity index (χ1v) is 5.57. The van der Waals surface area contributed by atoms with Crippen LogP contribution in [-0.4, -0.2) is 22.1 Å². The molecule has 1 N–H and O–H groups in total. The average molecular weight is 258 g/mol. The zero-order valence-electron chi connectivity index (χ0n) is 8.28. The first kappa shape index (κ1) is 11.4. The molecule has 0 bridgehead atoms. The molecule has 6 heteroatoms. The van der Waals surface area contributed by atoms with Crippen molar-refractivity contribution in [2.75, 3.05) is 0 Å². The van der Waals surface area contributed by atoms with Gasteiger partial charge in [0, 0.05) is 6.04 Å². The van der Waals surface area contributed by atoms with Gasteiger partial charge in [-0.05, 0) is 18.9 Å². The van der Waals surface area contributed by atoms with Crippen LogP contribution in [0.1, 0.15) is 23.2 Å². The van der Waals surface area contributed by atoms with Crippen LogP contribution in [0.2, 0.25) is 10.3 Å². The van der Waals surface area contributed by atoms with E-state index in [1.165, 1.54) is 6.07 Å². The highest BCUT2D eigenvalue weighted by molar-refractivity contribution is 6.34. The summed E-state index contributed by atoms with van der Waals surface area (Å²) in [5.74, 6) is -0.268. The number of nitrogens with zero attached hydrogens (tertiary/aromatic N) is 2. The predicted molar refractivity (Wildman–Crippen MR) is 61.7 cm³/mol. The van der Waals surface area contributed by atoms with E-state index in [1.807, 2.05) is 12.2 Å². The summed E-state index contributed by atoms with van der Waals surface area (Å²) in [5.41, 5.74) is 0.258. The third kappa shape index (κ3) is 2.51. The lowest BCUT2D eigenvalue weighted by molar-refractivity contribution is 0.0938. The zero-order valence-corrected chi connectivity index (χ0v) is 9.79. The Morgan fingerprint density at radius 1 is 1.31 bits per heavy atom. The second-order valence-corrected chi connectivity index (χ2v) is 4.23. The van der Waals surface area contributed by atoms with Gasteiger partial charge in [0.2, 0.25) is 0 Å². The fourth-order valence-corrected chi connectivity index (χ4v) is 1.84. The van der Waals surface area contributed by atoms with Crippen LogP contribution >= 0.6 is 23.2 Å². The standard InChI is InChI=1S/C10H9Cl2N3O/c11-8-5-7(9(12)15-14-8)10(16)13-6-3-1-2-4-6/h1-2,5-6H,3-4H2,(H,13,16). The molecule has 1 heterocycles. The number of nitrogens with one attached hydrogen (secondary N) is 1. The van der Waals surface area contributed by atoms with Crippen molar-refractivity contribution < 1.29 is 4.79 Å². The van der Waals surface area contributed by atoms with Crippen LogP contribution in [0.15, 0.2) is 18.2 Å². The normalized spacial score (nSPS) is 15.4. The molecule has 0 fully saturated rings. The molecule has 4 nitrogen and oxygen atoms in total. The van der Waals surface area contributed by atoms with Crippen LogP contribution < -0.4 is 5.32 Å². The molecule has 2 rings (SSSR count). The first-order valence-electron chi connectivity index (χ1n) is 4.81. The molecule has 0 saturated heterocycles. The van der Waals surface area contributed by atoms with Crippen LogP contribution in [0.3, 0.4) is 0 Å². The molecule has 0 aromatic carbocycles. The molecule has 84 valence electrons. The molecule has 0 unspecified atom stereocenters. The molecule has 0 atom stereocenters. The maximum atomic E-state index is 11.8. The van der Waals surface area contributed by atoms with Gasteiger partial charge in [-0.25, -0.2) is 0 Å². The van der Waals surface area contributed by atoms with E-state index >= 15 is 0 Å². The van der Waals surface area contributed by atoms with Gasteiger partial charge in [-0.15, -0.1) is 10.2 Å². The number of carbonyl (C=O) groups is 1. The Morgan fingerprint density at radius 3 is 2.69 bits per heavy atom. The van der Waals surface area contributed by atoms with Crippen LogP contribution in [0.5, 0.6) is 0 Å². The molecule has 0 aliphatic heterocycles. The Bertz CT molecular complexity index is 440. The minimum Gasteiger partial charge on any atom is -0.349 e. The van der Waals surface area contributed by atoms with E-state index in [-0.39, 0.29) is 27.8 Å². The molecule has 0 radical (unpaired) electrons. The van der Waals surface area contributed by atoms with E-state index in [1.54, 1.807) is 0 Å². The van der Waals surface area contributed by atoms with E-state index in [2.05, 4.69) is 15.5 Å². The van der Waals surface area contributed by atoms with Crippen molar-refractivity contribution in [3.05, 3.63) is 34.1 Å². The van der Waals surface area contributed by atoms with Gasteiger partial charge in [0.05, 0.1) is 5.56 Å². The zero-order chi connectivity index (χ0) is 11.5. The summed E-state index contributed by atoms with van der Waals surface area (Å²) in [6.45, 7) is 0. The summed E-state index contributed by atoms with van der Waals surface area (Å²) in [4.78, 5) is 11.8. The molecule has 1 aromatic rings. The maximum Gasteiger partial charge on any atom is 0.254 e. The SMILES string of the molecule is O=C(NC1CC=CC1)c1cc(Cl)nnc1Cl. The van der Waals surface area contributed by atoms with Gasteiger partial charge in [0.1, 0.15) is 0 Å². The molecule has 1 aromatic heterocycles. The van der Waals surface area contributed by atoms with Gasteiger partial charge in [0.25, 0.3) is 5.91 Å². The molecule has 1 aliphatic rings. The van der Waals surface area contributed by atoms with Crippen LogP contribution in [0.4, 0.5) is 0 Å². The molecule has 0 saturated carbocycles. The Hall–Kier alpha value is -1.13. The lowest BCUT2D eigenvalue weighted by Crippen LogP contribution is -2.33. The highest BCUT2D eigenvalue weighted by Crippen LogP contribution is 2.16. The molecule has 16 heavy (non-hydrogen) atoms. The summed E-state index contributed by atoms with van der Waals surface area (Å²) in [6.07, 6.45) is 5.75. The van der Waals surface area contributed by atoms with Crippen molar-refractivity contribution in [3.8, 4) is 0 Å². The summed E-state index contributed by atoms with van der Waals surface area (Å²) < 4.78 is 0. The Labute approximate surface area is 103 Å². The second-order valence-electron chi connectivity index (χ2n) is 3.48. The van der Waals surface area contributed by atoms with Crippen molar-refractivity contribution >= 4 is 29.1 Å². The number of halogens is 2. The molecular formula is C10H9Cl2N3O. The van der Waals surface area contributed by atoms with Crippen molar-refractivity contribution in [1.29, 1.82) is 0 Å². The highest BCUT2D eigenvalue weighted by Gasteiger charge is 2.18. The third-order valence-corrected chi connectivity index (χ3v) is 2.77. The largest absolute Gasteiger partial charge is 0.349 e. The number of hydrogen-bond donors (Lipinski definition) is 1. The van der Waals surface area contributed by atoms with Crippen LogP contribution in [0, 0.1) is 0 Å². The summed E-state index contributed by atoms with van der Waals surface area (Å²) in [5, 5.41) is 10.2. The van der Waals surface area contributed by atoms with Crippen LogP contribution in [0.25, 0.3) is 0 Å². The maximum absolute atomic E-state index is 11.8. The van der Waals surface area contributed by atoms with Gasteiger partial charge in [-0.2, -0.15) is 0 Å². The number of carbonyl (C=O) groups excluding carboxylic acids is 1. The second kappa shape index (κ2) is 4.80. The first-order chi connectivity index (χ1) is 7.66. The number of aromatic nitrogens is 2. The monoisotopic (exact) mass is 257 g/mol. The van der Waals surface area contributed by atoms with Gasteiger partial charge >= 0.3 is 0 Å².